The molecule has 0 aliphatic carbocycles. The third-order valence-corrected chi connectivity index (χ3v) is 7.29. The Hall–Kier alpha value is -3.09. The van der Waals surface area contributed by atoms with Crippen molar-refractivity contribution in [3.8, 4) is 5.75 Å². The summed E-state index contributed by atoms with van der Waals surface area (Å²) < 4.78 is 56.9. The zero-order valence-electron chi connectivity index (χ0n) is 16.1. The molecule has 0 saturated carbocycles. The summed E-state index contributed by atoms with van der Waals surface area (Å²) in [5.74, 6) is -0.653. The number of hydrogen-bond donors (Lipinski definition) is 0. The molecule has 10 nitrogen and oxygen atoms in total. The third-order valence-electron chi connectivity index (χ3n) is 4.20. The first-order chi connectivity index (χ1) is 13.9. The van der Waals surface area contributed by atoms with Crippen LogP contribution in [0, 0.1) is 17.0 Å². The largest absolute Gasteiger partial charge is 0.369 e. The van der Waals surface area contributed by atoms with Crippen LogP contribution in [0.3, 0.4) is 0 Å². The molecule has 0 saturated heterocycles. The van der Waals surface area contributed by atoms with Crippen molar-refractivity contribution in [2.75, 3.05) is 14.1 Å². The molecule has 0 unspecified atom stereocenters. The molecule has 0 N–H and O–H groups in total. The standard InChI is InChI=1S/C18H17N3O7S2/c1-12-9-10-14-16(29(24,25)20(2)3)11-15(21(22)23)18(17(14)19-12)28-30(26,27)13-7-5-4-6-8-13/h4-11H,1-3H3. The van der Waals surface area contributed by atoms with E-state index in [0.717, 1.165) is 10.4 Å². The van der Waals surface area contributed by atoms with Gasteiger partial charge >= 0.3 is 15.8 Å². The summed E-state index contributed by atoms with van der Waals surface area (Å²) >= 11 is 0. The SMILES string of the molecule is Cc1ccc2c(S(=O)(=O)N(C)C)cc([N+](=O)[O-])c(OS(=O)(=O)c3ccccc3)c2n1. The number of nitrogens with zero attached hydrogens (tertiary/aromatic N) is 3. The molecule has 0 spiro atoms. The predicted octanol–water partition coefficient (Wildman–Crippen LogP) is 2.47. The Morgan fingerprint density at radius 1 is 1.03 bits per heavy atom. The Morgan fingerprint density at radius 2 is 1.67 bits per heavy atom. The van der Waals surface area contributed by atoms with Gasteiger partial charge in [-0.25, -0.2) is 17.7 Å². The van der Waals surface area contributed by atoms with E-state index in [1.165, 1.54) is 50.5 Å². The lowest BCUT2D eigenvalue weighted by Gasteiger charge is -2.16. The van der Waals surface area contributed by atoms with E-state index in [0.29, 0.717) is 5.69 Å². The highest BCUT2D eigenvalue weighted by molar-refractivity contribution is 7.89. The van der Waals surface area contributed by atoms with E-state index in [-0.39, 0.29) is 20.7 Å². The van der Waals surface area contributed by atoms with Crippen LogP contribution in [0.4, 0.5) is 5.69 Å². The molecule has 1 heterocycles. The summed E-state index contributed by atoms with van der Waals surface area (Å²) in [5.41, 5.74) is -0.692. The predicted molar refractivity (Wildman–Crippen MR) is 108 cm³/mol. The number of aryl methyl sites for hydroxylation is 1. The van der Waals surface area contributed by atoms with Gasteiger partial charge in [0.15, 0.2) is 0 Å². The summed E-state index contributed by atoms with van der Waals surface area (Å²) in [6, 6.07) is 10.8. The fourth-order valence-electron chi connectivity index (χ4n) is 2.69. The van der Waals surface area contributed by atoms with Crippen LogP contribution in [-0.2, 0) is 20.1 Å². The summed E-state index contributed by atoms with van der Waals surface area (Å²) in [6.07, 6.45) is 0. The summed E-state index contributed by atoms with van der Waals surface area (Å²) in [7, 11) is -5.99. The number of rotatable bonds is 6. The van der Waals surface area contributed by atoms with Gasteiger partial charge < -0.3 is 4.18 Å². The van der Waals surface area contributed by atoms with E-state index in [9.17, 15) is 26.9 Å². The van der Waals surface area contributed by atoms with Crippen molar-refractivity contribution in [1.29, 1.82) is 0 Å². The minimum absolute atomic E-state index is 0.00170. The second-order valence-electron chi connectivity index (χ2n) is 6.47. The van der Waals surface area contributed by atoms with Crippen molar-refractivity contribution in [3.63, 3.8) is 0 Å². The van der Waals surface area contributed by atoms with Crippen LogP contribution < -0.4 is 4.18 Å². The molecule has 0 radical (unpaired) electrons. The van der Waals surface area contributed by atoms with Crippen molar-refractivity contribution in [1.82, 2.24) is 9.29 Å². The lowest BCUT2D eigenvalue weighted by atomic mass is 10.1. The van der Waals surface area contributed by atoms with Crippen molar-refractivity contribution in [2.24, 2.45) is 0 Å². The molecule has 3 rings (SSSR count). The fraction of sp³-hybridized carbons (Fsp3) is 0.167. The van der Waals surface area contributed by atoms with E-state index in [1.54, 1.807) is 13.0 Å². The van der Waals surface area contributed by atoms with E-state index in [4.69, 9.17) is 4.18 Å². The van der Waals surface area contributed by atoms with Crippen molar-refractivity contribution < 1.29 is 25.9 Å². The van der Waals surface area contributed by atoms with Crippen LogP contribution in [0.1, 0.15) is 5.69 Å². The minimum Gasteiger partial charge on any atom is -0.369 e. The van der Waals surface area contributed by atoms with Gasteiger partial charge in [-0.15, -0.1) is 0 Å². The Balaban J connectivity index is 2.39. The van der Waals surface area contributed by atoms with Gasteiger partial charge in [0.25, 0.3) is 0 Å². The molecule has 158 valence electrons. The van der Waals surface area contributed by atoms with E-state index >= 15 is 0 Å². The second-order valence-corrected chi connectivity index (χ2v) is 10.1. The molecular formula is C18H17N3O7S2. The van der Waals surface area contributed by atoms with Crippen LogP contribution >= 0.6 is 0 Å². The molecule has 0 bridgehead atoms. The molecule has 2 aromatic carbocycles. The zero-order valence-corrected chi connectivity index (χ0v) is 17.8. The Bertz CT molecular complexity index is 1350. The van der Waals surface area contributed by atoms with Crippen LogP contribution in [0.15, 0.2) is 58.3 Å². The van der Waals surface area contributed by atoms with Crippen molar-refractivity contribution >= 4 is 36.7 Å². The molecule has 3 aromatic rings. The lowest BCUT2D eigenvalue weighted by Crippen LogP contribution is -2.23. The fourth-order valence-corrected chi connectivity index (χ4v) is 4.76. The number of pyridine rings is 1. The topological polar surface area (TPSA) is 137 Å². The normalized spacial score (nSPS) is 12.3. The molecule has 12 heteroatoms. The third kappa shape index (κ3) is 3.84. The quantitative estimate of drug-likeness (QED) is 0.317. The number of nitro groups is 1. The van der Waals surface area contributed by atoms with Gasteiger partial charge in [0.2, 0.25) is 15.8 Å². The van der Waals surface area contributed by atoms with E-state index in [2.05, 4.69) is 4.98 Å². The first-order valence-corrected chi connectivity index (χ1v) is 11.3. The van der Waals surface area contributed by atoms with Crippen molar-refractivity contribution in [3.05, 3.63) is 64.3 Å². The molecule has 0 atom stereocenters. The molecule has 0 fully saturated rings. The van der Waals surface area contributed by atoms with Gasteiger partial charge in [-0.2, -0.15) is 8.42 Å². The Labute approximate surface area is 173 Å². The van der Waals surface area contributed by atoms with E-state index in [1.807, 2.05) is 0 Å². The summed E-state index contributed by atoms with van der Waals surface area (Å²) in [4.78, 5) is 14.4. The van der Waals surface area contributed by atoms with Crippen LogP contribution in [0.2, 0.25) is 0 Å². The highest BCUT2D eigenvalue weighted by atomic mass is 32.2. The number of hydrogen-bond acceptors (Lipinski definition) is 8. The first kappa shape index (κ1) is 21.6. The number of benzene rings is 2. The van der Waals surface area contributed by atoms with Gasteiger partial charge in [0.1, 0.15) is 10.4 Å². The average Bonchev–Trinajstić information content (AvgIpc) is 2.68. The van der Waals surface area contributed by atoms with Gasteiger partial charge in [-0.05, 0) is 31.2 Å². The second kappa shape index (κ2) is 7.63. The maximum atomic E-state index is 12.7. The van der Waals surface area contributed by atoms with Crippen LogP contribution in [-0.4, -0.2) is 45.1 Å². The molecule has 0 amide bonds. The van der Waals surface area contributed by atoms with Crippen LogP contribution in [0.5, 0.6) is 5.75 Å². The minimum atomic E-state index is -4.44. The lowest BCUT2D eigenvalue weighted by molar-refractivity contribution is -0.385. The maximum absolute atomic E-state index is 12.7. The molecular weight excluding hydrogens is 434 g/mol. The monoisotopic (exact) mass is 451 g/mol. The van der Waals surface area contributed by atoms with Gasteiger partial charge in [0, 0.05) is 31.2 Å². The number of fused-ring (bicyclic) bond motifs is 1. The first-order valence-electron chi connectivity index (χ1n) is 8.46. The zero-order chi connectivity index (χ0) is 22.3. The summed E-state index contributed by atoms with van der Waals surface area (Å²) in [6.45, 7) is 1.58. The average molecular weight is 451 g/mol. The summed E-state index contributed by atoms with van der Waals surface area (Å²) in [5, 5.41) is 11.7. The molecule has 0 aliphatic heterocycles. The highest BCUT2D eigenvalue weighted by Crippen LogP contribution is 2.40. The van der Waals surface area contributed by atoms with Gasteiger partial charge in [0.05, 0.1) is 9.82 Å². The van der Waals surface area contributed by atoms with Gasteiger partial charge in [-0.3, -0.25) is 10.1 Å². The number of aromatic nitrogens is 1. The maximum Gasteiger partial charge on any atom is 0.339 e. The van der Waals surface area contributed by atoms with Crippen LogP contribution in [0.25, 0.3) is 10.9 Å². The highest BCUT2D eigenvalue weighted by Gasteiger charge is 2.32. The van der Waals surface area contributed by atoms with E-state index < -0.39 is 36.5 Å². The smallest absolute Gasteiger partial charge is 0.339 e. The van der Waals surface area contributed by atoms with Crippen molar-refractivity contribution in [2.45, 2.75) is 16.7 Å². The Morgan fingerprint density at radius 3 is 2.23 bits per heavy atom. The molecule has 1 aromatic heterocycles. The number of nitro benzene ring substituents is 1. The molecule has 0 aliphatic rings. The Kier molecular flexibility index (Phi) is 5.50. The van der Waals surface area contributed by atoms with Gasteiger partial charge in [-0.1, -0.05) is 18.2 Å². The molecule has 30 heavy (non-hydrogen) atoms. The number of sulfonamides is 1.